The number of benzene rings is 1. The van der Waals surface area contributed by atoms with Crippen molar-refractivity contribution in [3.63, 3.8) is 0 Å². The molecule has 22 heavy (non-hydrogen) atoms. The molecule has 5 nitrogen and oxygen atoms in total. The number of aromatic nitrogens is 5. The number of fused-ring (bicyclic) bond motifs is 3. The van der Waals surface area contributed by atoms with Crippen molar-refractivity contribution in [3.8, 4) is 11.1 Å². The molecule has 0 N–H and O–H groups in total. The Labute approximate surface area is 131 Å². The van der Waals surface area contributed by atoms with Crippen LogP contribution >= 0.6 is 11.6 Å². The molecule has 6 heteroatoms. The zero-order valence-corrected chi connectivity index (χ0v) is 12.8. The summed E-state index contributed by atoms with van der Waals surface area (Å²) in [6.07, 6.45) is 3.42. The Kier molecular flexibility index (Phi) is 2.84. The lowest BCUT2D eigenvalue weighted by Crippen LogP contribution is -1.99. The van der Waals surface area contributed by atoms with Crippen LogP contribution in [0.4, 0.5) is 0 Å². The van der Waals surface area contributed by atoms with Gasteiger partial charge < -0.3 is 0 Å². The molecule has 0 fully saturated rings. The Morgan fingerprint density at radius 3 is 2.77 bits per heavy atom. The average Bonchev–Trinajstić information content (AvgIpc) is 2.98. The number of nitrogens with zero attached hydrogens (tertiary/aromatic N) is 5. The zero-order valence-electron chi connectivity index (χ0n) is 12.1. The first-order valence-corrected chi connectivity index (χ1v) is 7.25. The van der Waals surface area contributed by atoms with Crippen LogP contribution in [0, 0.1) is 13.8 Å². The lowest BCUT2D eigenvalue weighted by atomic mass is 10.0. The van der Waals surface area contributed by atoms with E-state index in [4.69, 9.17) is 16.6 Å². The summed E-state index contributed by atoms with van der Waals surface area (Å²) in [6, 6.07) is 7.82. The molecule has 0 amide bonds. The van der Waals surface area contributed by atoms with Crippen LogP contribution in [0.2, 0.25) is 5.02 Å². The van der Waals surface area contributed by atoms with Crippen LogP contribution in [0.5, 0.6) is 0 Å². The maximum atomic E-state index is 6.42. The fraction of sp³-hybridized carbons (Fsp3) is 0.125. The number of aryl methyl sites for hydroxylation is 2. The lowest BCUT2D eigenvalue weighted by Gasteiger charge is -2.11. The van der Waals surface area contributed by atoms with Crippen LogP contribution in [0.3, 0.4) is 0 Å². The highest BCUT2D eigenvalue weighted by atomic mass is 35.5. The maximum absolute atomic E-state index is 6.42. The molecular formula is C16H12ClN5. The van der Waals surface area contributed by atoms with E-state index in [0.717, 1.165) is 33.5 Å². The molecule has 3 aromatic heterocycles. The summed E-state index contributed by atoms with van der Waals surface area (Å²) < 4.78 is 1.85. The first-order chi connectivity index (χ1) is 10.7. The SMILES string of the molecule is Cc1cccc(Cl)c1-c1ccnc2c1nc(C)c1nncn12. The summed E-state index contributed by atoms with van der Waals surface area (Å²) in [6.45, 7) is 3.96. The van der Waals surface area contributed by atoms with Gasteiger partial charge in [0.2, 0.25) is 0 Å². The summed E-state index contributed by atoms with van der Waals surface area (Å²) in [5.41, 5.74) is 6.09. The predicted molar refractivity (Wildman–Crippen MR) is 86.0 cm³/mol. The van der Waals surface area contributed by atoms with Gasteiger partial charge in [0, 0.05) is 22.3 Å². The molecule has 4 rings (SSSR count). The third kappa shape index (κ3) is 1.79. The highest BCUT2D eigenvalue weighted by Gasteiger charge is 2.15. The molecule has 4 aromatic rings. The molecule has 0 bridgehead atoms. The molecule has 0 aliphatic rings. The Morgan fingerprint density at radius 1 is 1.09 bits per heavy atom. The number of pyridine rings is 1. The van der Waals surface area contributed by atoms with Crippen LogP contribution in [0.25, 0.3) is 27.9 Å². The second-order valence-corrected chi connectivity index (χ2v) is 5.59. The van der Waals surface area contributed by atoms with Crippen molar-refractivity contribution in [1.29, 1.82) is 0 Å². The fourth-order valence-corrected chi connectivity index (χ4v) is 3.08. The lowest BCUT2D eigenvalue weighted by molar-refractivity contribution is 1.10. The van der Waals surface area contributed by atoms with Crippen molar-refractivity contribution in [2.45, 2.75) is 13.8 Å². The van der Waals surface area contributed by atoms with E-state index in [0.29, 0.717) is 10.7 Å². The van der Waals surface area contributed by atoms with Gasteiger partial charge >= 0.3 is 0 Å². The van der Waals surface area contributed by atoms with Crippen molar-refractivity contribution in [1.82, 2.24) is 24.6 Å². The predicted octanol–water partition coefficient (Wildman–Crippen LogP) is 3.61. The fourth-order valence-electron chi connectivity index (χ4n) is 2.76. The van der Waals surface area contributed by atoms with E-state index in [1.165, 1.54) is 0 Å². The Morgan fingerprint density at radius 2 is 1.95 bits per heavy atom. The normalized spacial score (nSPS) is 11.4. The quantitative estimate of drug-likeness (QED) is 0.539. The highest BCUT2D eigenvalue weighted by molar-refractivity contribution is 6.33. The molecule has 0 spiro atoms. The minimum atomic E-state index is 0.704. The highest BCUT2D eigenvalue weighted by Crippen LogP contribution is 2.34. The first-order valence-electron chi connectivity index (χ1n) is 6.87. The van der Waals surface area contributed by atoms with E-state index >= 15 is 0 Å². The Hall–Kier alpha value is -2.53. The van der Waals surface area contributed by atoms with Crippen molar-refractivity contribution in [2.75, 3.05) is 0 Å². The first kappa shape index (κ1) is 13.2. The van der Waals surface area contributed by atoms with Gasteiger partial charge in [-0.15, -0.1) is 10.2 Å². The summed E-state index contributed by atoms with van der Waals surface area (Å²) in [5.74, 6) is 0. The molecule has 0 saturated heterocycles. The number of rotatable bonds is 1. The van der Waals surface area contributed by atoms with Crippen molar-refractivity contribution in [2.24, 2.45) is 0 Å². The maximum Gasteiger partial charge on any atom is 0.183 e. The topological polar surface area (TPSA) is 56.0 Å². The van der Waals surface area contributed by atoms with Crippen molar-refractivity contribution in [3.05, 3.63) is 53.1 Å². The number of halogens is 1. The summed E-state index contributed by atoms with van der Waals surface area (Å²) in [4.78, 5) is 9.14. The van der Waals surface area contributed by atoms with Crippen LogP contribution in [0.15, 0.2) is 36.8 Å². The molecular weight excluding hydrogens is 298 g/mol. The molecule has 3 heterocycles. The van der Waals surface area contributed by atoms with E-state index in [-0.39, 0.29) is 0 Å². The Bertz CT molecular complexity index is 1000. The van der Waals surface area contributed by atoms with Gasteiger partial charge in [-0.05, 0) is 31.5 Å². The number of hydrogen-bond donors (Lipinski definition) is 0. The molecule has 1 aromatic carbocycles. The molecule has 0 saturated carbocycles. The van der Waals surface area contributed by atoms with Crippen molar-refractivity contribution >= 4 is 28.4 Å². The van der Waals surface area contributed by atoms with Gasteiger partial charge in [-0.25, -0.2) is 9.97 Å². The standard InChI is InChI=1S/C16H12ClN5/c1-9-4-3-5-12(17)13(9)11-6-7-18-16-14(11)20-10(2)15-21-19-8-22(15)16/h3-8H,1-2H3. The van der Waals surface area contributed by atoms with E-state index in [2.05, 4.69) is 15.2 Å². The third-order valence-electron chi connectivity index (χ3n) is 3.78. The van der Waals surface area contributed by atoms with E-state index in [9.17, 15) is 0 Å². The summed E-state index contributed by atoms with van der Waals surface area (Å²) in [5, 5.41) is 8.75. The van der Waals surface area contributed by atoms with Gasteiger partial charge in [-0.2, -0.15) is 0 Å². The van der Waals surface area contributed by atoms with Gasteiger partial charge in [0.05, 0.1) is 5.69 Å². The minimum Gasteiger partial charge on any atom is -0.262 e. The molecule has 0 unspecified atom stereocenters. The van der Waals surface area contributed by atoms with Crippen LogP contribution < -0.4 is 0 Å². The molecule has 108 valence electrons. The third-order valence-corrected chi connectivity index (χ3v) is 4.09. The molecule has 0 aliphatic heterocycles. The van der Waals surface area contributed by atoms with Gasteiger partial charge in [-0.1, -0.05) is 23.7 Å². The zero-order chi connectivity index (χ0) is 15.3. The van der Waals surface area contributed by atoms with Gasteiger partial charge in [0.1, 0.15) is 11.8 Å². The van der Waals surface area contributed by atoms with E-state index in [1.54, 1.807) is 12.5 Å². The molecule has 0 aliphatic carbocycles. The summed E-state index contributed by atoms with van der Waals surface area (Å²) >= 11 is 6.42. The van der Waals surface area contributed by atoms with Gasteiger partial charge in [-0.3, -0.25) is 4.40 Å². The van der Waals surface area contributed by atoms with E-state index < -0.39 is 0 Å². The second kappa shape index (κ2) is 4.74. The smallest absolute Gasteiger partial charge is 0.183 e. The minimum absolute atomic E-state index is 0.704. The van der Waals surface area contributed by atoms with Gasteiger partial charge in [0.15, 0.2) is 11.3 Å². The molecule has 0 atom stereocenters. The van der Waals surface area contributed by atoms with Crippen LogP contribution in [0.1, 0.15) is 11.3 Å². The van der Waals surface area contributed by atoms with Crippen LogP contribution in [-0.4, -0.2) is 24.6 Å². The Balaban J connectivity index is 2.18. The molecule has 0 radical (unpaired) electrons. The second-order valence-electron chi connectivity index (χ2n) is 5.18. The summed E-state index contributed by atoms with van der Waals surface area (Å²) in [7, 11) is 0. The van der Waals surface area contributed by atoms with Gasteiger partial charge in [0.25, 0.3) is 0 Å². The monoisotopic (exact) mass is 309 g/mol. The number of hydrogen-bond acceptors (Lipinski definition) is 4. The largest absolute Gasteiger partial charge is 0.262 e. The van der Waals surface area contributed by atoms with Crippen LogP contribution in [-0.2, 0) is 0 Å². The van der Waals surface area contributed by atoms with E-state index in [1.807, 2.05) is 42.5 Å². The van der Waals surface area contributed by atoms with Crippen molar-refractivity contribution < 1.29 is 0 Å². The average molecular weight is 310 g/mol.